The lowest BCUT2D eigenvalue weighted by atomic mass is 9.91. The van der Waals surface area contributed by atoms with Crippen molar-refractivity contribution < 1.29 is 9.59 Å². The van der Waals surface area contributed by atoms with Gasteiger partial charge in [-0.15, -0.1) is 22.7 Å². The number of carbonyl (C=O) groups excluding carboxylic acids is 2. The Morgan fingerprint density at radius 1 is 0.625 bits per heavy atom. The largest absolute Gasteiger partial charge is 0.285 e. The quantitative estimate of drug-likeness (QED) is 0.554. The van der Waals surface area contributed by atoms with Crippen molar-refractivity contribution in [2.45, 2.75) is 53.1 Å². The number of carbonyl (C=O) groups is 2. The van der Waals surface area contributed by atoms with Crippen LogP contribution >= 0.6 is 22.7 Å². The van der Waals surface area contributed by atoms with E-state index >= 15 is 0 Å². The molecule has 0 unspecified atom stereocenters. The molecule has 0 aliphatic heterocycles. The van der Waals surface area contributed by atoms with Crippen molar-refractivity contribution in [2.24, 2.45) is 0 Å². The maximum absolute atomic E-state index is 12.8. The Balaban J connectivity index is 2.38. The lowest BCUT2D eigenvalue weighted by Crippen LogP contribution is -2.37. The van der Waals surface area contributed by atoms with Gasteiger partial charge in [0.2, 0.25) is 11.6 Å². The van der Waals surface area contributed by atoms with Gasteiger partial charge in [-0.25, -0.2) is 0 Å². The second kappa shape index (κ2) is 5.33. The van der Waals surface area contributed by atoms with Gasteiger partial charge < -0.3 is 0 Å². The molecule has 2 heterocycles. The summed E-state index contributed by atoms with van der Waals surface area (Å²) >= 11 is 3.53. The number of thiophene rings is 2. The predicted molar refractivity (Wildman–Crippen MR) is 112 cm³/mol. The summed E-state index contributed by atoms with van der Waals surface area (Å²) in [5.41, 5.74) is 3.49. The topological polar surface area (TPSA) is 34.1 Å². The molecule has 1 aliphatic rings. The highest BCUT2D eigenvalue weighted by Gasteiger charge is 2.40. The van der Waals surface area contributed by atoms with Gasteiger partial charge in [0, 0.05) is 11.1 Å². The third-order valence-electron chi connectivity index (χ3n) is 4.52. The average Bonchev–Trinajstić information content (AvgIpc) is 2.93. The summed E-state index contributed by atoms with van der Waals surface area (Å²) in [7, 11) is -3.08. The number of hydrogen-bond donors (Lipinski definition) is 0. The second-order valence-corrected chi connectivity index (χ2v) is 21.4. The minimum Gasteiger partial charge on any atom is -0.285 e. The van der Waals surface area contributed by atoms with Crippen LogP contribution < -0.4 is 9.00 Å². The number of Topliss-reactive ketones (excluding diaryl/α,β-unsaturated/α-hetero) is 2. The van der Waals surface area contributed by atoms with Crippen LogP contribution in [0.25, 0.3) is 9.75 Å². The number of fused-ring (bicyclic) bond motifs is 3. The van der Waals surface area contributed by atoms with Crippen molar-refractivity contribution in [1.29, 1.82) is 0 Å². The third kappa shape index (κ3) is 2.46. The first-order valence-corrected chi connectivity index (χ1v) is 16.9. The van der Waals surface area contributed by atoms with E-state index in [1.165, 1.54) is 9.00 Å². The molecule has 0 bridgehead atoms. The summed E-state index contributed by atoms with van der Waals surface area (Å²) in [5.74, 6) is -0.586. The summed E-state index contributed by atoms with van der Waals surface area (Å²) in [6.45, 7) is 17.9. The molecule has 0 saturated carbocycles. The van der Waals surface area contributed by atoms with Crippen LogP contribution in [0.15, 0.2) is 0 Å². The van der Waals surface area contributed by atoms with Crippen molar-refractivity contribution in [3.05, 3.63) is 22.3 Å². The highest BCUT2D eigenvalue weighted by molar-refractivity contribution is 7.35. The Morgan fingerprint density at radius 2 is 0.917 bits per heavy atom. The first kappa shape index (κ1) is 18.0. The molecule has 0 N–H and O–H groups in total. The van der Waals surface area contributed by atoms with Gasteiger partial charge in [0.15, 0.2) is 0 Å². The molecule has 0 amide bonds. The highest BCUT2D eigenvalue weighted by Crippen LogP contribution is 2.44. The lowest BCUT2D eigenvalue weighted by Gasteiger charge is -2.15. The Kier molecular flexibility index (Phi) is 4.00. The minimum atomic E-state index is -1.54. The molecule has 0 saturated heterocycles. The molecule has 0 fully saturated rings. The van der Waals surface area contributed by atoms with Crippen molar-refractivity contribution in [2.75, 3.05) is 0 Å². The molecule has 0 radical (unpaired) electrons. The van der Waals surface area contributed by atoms with Crippen molar-refractivity contribution in [1.82, 2.24) is 0 Å². The van der Waals surface area contributed by atoms with Gasteiger partial charge in [0.1, 0.15) is 0 Å². The van der Waals surface area contributed by atoms with E-state index in [4.69, 9.17) is 0 Å². The fraction of sp³-hybridized carbons (Fsp3) is 0.444. The Hall–Kier alpha value is -0.826. The van der Waals surface area contributed by atoms with Crippen LogP contribution in [0.2, 0.25) is 39.3 Å². The van der Waals surface area contributed by atoms with Gasteiger partial charge in [-0.1, -0.05) is 39.3 Å². The molecule has 6 heteroatoms. The van der Waals surface area contributed by atoms with E-state index in [0.717, 1.165) is 20.9 Å². The minimum absolute atomic E-state index is 0.293. The summed E-state index contributed by atoms with van der Waals surface area (Å²) < 4.78 is 2.70. The van der Waals surface area contributed by atoms with E-state index < -0.39 is 16.1 Å². The first-order valence-electron chi connectivity index (χ1n) is 8.22. The van der Waals surface area contributed by atoms with Crippen LogP contribution in [0.5, 0.6) is 0 Å². The Bertz CT molecular complexity index is 815. The molecule has 0 atom stereocenters. The zero-order valence-electron chi connectivity index (χ0n) is 15.6. The molecular weight excluding hydrogens is 369 g/mol. The van der Waals surface area contributed by atoms with Crippen molar-refractivity contribution in [3.8, 4) is 9.75 Å². The van der Waals surface area contributed by atoms with Crippen molar-refractivity contribution >= 4 is 59.4 Å². The van der Waals surface area contributed by atoms with Crippen LogP contribution in [-0.4, -0.2) is 27.7 Å². The SMILES string of the molecule is Cc1c([Si](C)(C)C)sc2c1C(=O)C(=O)c1c-2sc([Si](C)(C)C)c1C. The van der Waals surface area contributed by atoms with Crippen LogP contribution in [-0.2, 0) is 0 Å². The number of hydrogen-bond acceptors (Lipinski definition) is 4. The average molecular weight is 393 g/mol. The van der Waals surface area contributed by atoms with Crippen molar-refractivity contribution in [3.63, 3.8) is 0 Å². The van der Waals surface area contributed by atoms with E-state index in [2.05, 4.69) is 39.3 Å². The fourth-order valence-electron chi connectivity index (χ4n) is 3.55. The van der Waals surface area contributed by atoms with Gasteiger partial charge in [0.25, 0.3) is 0 Å². The molecule has 2 aromatic rings. The highest BCUT2D eigenvalue weighted by atomic mass is 32.1. The summed E-state index contributed by atoms with van der Waals surface area (Å²) in [4.78, 5) is 27.8. The van der Waals surface area contributed by atoms with E-state index in [1.54, 1.807) is 22.7 Å². The molecule has 2 aromatic heterocycles. The standard InChI is InChI=1S/C18H24O2S2Si2/c1-9-11-13(19)14(20)12-10(2)18(24(6,7)8)22-16(12)15(11)21-17(9)23(3,4)5/h1-8H3. The van der Waals surface area contributed by atoms with E-state index in [-0.39, 0.29) is 11.6 Å². The summed E-state index contributed by atoms with van der Waals surface area (Å²) in [5, 5.41) is 0. The molecule has 0 aromatic carbocycles. The molecule has 128 valence electrons. The fourth-order valence-corrected chi connectivity index (χ4v) is 11.4. The first-order chi connectivity index (χ1) is 10.9. The second-order valence-electron chi connectivity index (χ2n) is 8.68. The zero-order chi connectivity index (χ0) is 18.2. The smallest absolute Gasteiger partial charge is 0.235 e. The molecule has 1 aliphatic carbocycles. The van der Waals surface area contributed by atoms with Gasteiger partial charge in [-0.3, -0.25) is 9.59 Å². The van der Waals surface area contributed by atoms with Crippen LogP contribution in [0.1, 0.15) is 31.8 Å². The molecule has 3 rings (SSSR count). The maximum atomic E-state index is 12.8. The molecule has 0 spiro atoms. The normalized spacial score (nSPS) is 14.8. The predicted octanol–water partition coefficient (Wildman–Crippen LogP) is 4.56. The van der Waals surface area contributed by atoms with E-state index in [0.29, 0.717) is 11.1 Å². The molecule has 24 heavy (non-hydrogen) atoms. The van der Waals surface area contributed by atoms with Gasteiger partial charge in [-0.05, 0) is 34.0 Å². The Labute approximate surface area is 153 Å². The number of ketones is 2. The van der Waals surface area contributed by atoms with E-state index in [1.807, 2.05) is 13.8 Å². The number of rotatable bonds is 2. The van der Waals surface area contributed by atoms with Gasteiger partial charge in [0.05, 0.1) is 25.9 Å². The van der Waals surface area contributed by atoms with Crippen LogP contribution in [0.4, 0.5) is 0 Å². The lowest BCUT2D eigenvalue weighted by molar-refractivity contribution is 0.0815. The molecular formula is C18H24O2S2Si2. The zero-order valence-corrected chi connectivity index (χ0v) is 19.3. The van der Waals surface area contributed by atoms with Crippen LogP contribution in [0.3, 0.4) is 0 Å². The Morgan fingerprint density at radius 3 is 1.17 bits per heavy atom. The summed E-state index contributed by atoms with van der Waals surface area (Å²) in [6.07, 6.45) is 0. The monoisotopic (exact) mass is 392 g/mol. The van der Waals surface area contributed by atoms with E-state index in [9.17, 15) is 9.59 Å². The van der Waals surface area contributed by atoms with Gasteiger partial charge >= 0.3 is 0 Å². The van der Waals surface area contributed by atoms with Gasteiger partial charge in [-0.2, -0.15) is 0 Å². The molecule has 2 nitrogen and oxygen atoms in total. The van der Waals surface area contributed by atoms with Crippen LogP contribution in [0, 0.1) is 13.8 Å². The summed E-state index contributed by atoms with van der Waals surface area (Å²) in [6, 6.07) is 0. The third-order valence-corrected chi connectivity index (χ3v) is 14.7. The maximum Gasteiger partial charge on any atom is 0.235 e.